The summed E-state index contributed by atoms with van der Waals surface area (Å²) >= 11 is 0. The van der Waals surface area contributed by atoms with E-state index >= 15 is 0 Å². The maximum absolute atomic E-state index is 12.6. The molecule has 2 atom stereocenters. The summed E-state index contributed by atoms with van der Waals surface area (Å²) in [5, 5.41) is 0. The van der Waals surface area contributed by atoms with Crippen LogP contribution in [-0.2, 0) is 9.59 Å². The second-order valence-electron chi connectivity index (χ2n) is 9.14. The van der Waals surface area contributed by atoms with Crippen LogP contribution in [0, 0.1) is 11.8 Å². The summed E-state index contributed by atoms with van der Waals surface area (Å²) in [4.78, 5) is 33.5. The molecule has 6 heteroatoms. The summed E-state index contributed by atoms with van der Waals surface area (Å²) in [6.45, 7) is 5.73. The van der Waals surface area contributed by atoms with Crippen molar-refractivity contribution >= 4 is 11.8 Å². The van der Waals surface area contributed by atoms with E-state index in [0.29, 0.717) is 11.8 Å². The van der Waals surface area contributed by atoms with Crippen molar-refractivity contribution in [3.8, 4) is 0 Å². The van der Waals surface area contributed by atoms with Crippen LogP contribution in [0.4, 0.5) is 0 Å². The molecule has 162 valence electrons. The van der Waals surface area contributed by atoms with Crippen LogP contribution >= 0.6 is 0 Å². The summed E-state index contributed by atoms with van der Waals surface area (Å²) in [6, 6.07) is 0. The third-order valence-corrected chi connectivity index (χ3v) is 6.44. The number of nitrogens with zero attached hydrogens (tertiary/aromatic N) is 4. The van der Waals surface area contributed by atoms with Gasteiger partial charge in [0.15, 0.2) is 0 Å². The summed E-state index contributed by atoms with van der Waals surface area (Å²) in [5.41, 5.74) is 0. The minimum atomic E-state index is 0.183. The molecule has 0 aromatic rings. The average molecular weight is 395 g/mol. The zero-order chi connectivity index (χ0) is 20.5. The molecule has 2 heterocycles. The van der Waals surface area contributed by atoms with Crippen LogP contribution in [0.5, 0.6) is 0 Å². The SMILES string of the molecule is CN1CCCC(C(=O)N(C)CCCCCCN(C)C(=O)C2CCCN(C)C2)C1. The van der Waals surface area contributed by atoms with Crippen molar-refractivity contribution in [1.82, 2.24) is 19.6 Å². The third kappa shape index (κ3) is 7.36. The largest absolute Gasteiger partial charge is 0.345 e. The van der Waals surface area contributed by atoms with Gasteiger partial charge in [-0.3, -0.25) is 9.59 Å². The van der Waals surface area contributed by atoms with Gasteiger partial charge in [0.25, 0.3) is 0 Å². The molecular formula is C22H42N4O2. The molecule has 0 radical (unpaired) electrons. The lowest BCUT2D eigenvalue weighted by Gasteiger charge is -2.31. The first kappa shape index (κ1) is 23.1. The number of rotatable bonds is 9. The highest BCUT2D eigenvalue weighted by Crippen LogP contribution is 2.19. The van der Waals surface area contributed by atoms with Gasteiger partial charge in [-0.05, 0) is 65.7 Å². The number of carbonyl (C=O) groups excluding carboxylic acids is 2. The van der Waals surface area contributed by atoms with Crippen LogP contribution < -0.4 is 0 Å². The predicted molar refractivity (Wildman–Crippen MR) is 114 cm³/mol. The van der Waals surface area contributed by atoms with Crippen molar-refractivity contribution in [3.63, 3.8) is 0 Å². The van der Waals surface area contributed by atoms with Crippen LogP contribution in [0.15, 0.2) is 0 Å². The van der Waals surface area contributed by atoms with Crippen molar-refractivity contribution in [2.45, 2.75) is 51.4 Å². The van der Waals surface area contributed by atoms with E-state index in [1.807, 2.05) is 23.9 Å². The van der Waals surface area contributed by atoms with Crippen LogP contribution in [0.1, 0.15) is 51.4 Å². The second kappa shape index (κ2) is 11.8. The number of likely N-dealkylation sites (tertiary alicyclic amines) is 2. The summed E-state index contributed by atoms with van der Waals surface area (Å²) < 4.78 is 0. The lowest BCUT2D eigenvalue weighted by molar-refractivity contribution is -0.136. The highest BCUT2D eigenvalue weighted by atomic mass is 16.2. The third-order valence-electron chi connectivity index (χ3n) is 6.44. The number of amides is 2. The van der Waals surface area contributed by atoms with Gasteiger partial charge in [0.1, 0.15) is 0 Å². The molecule has 0 aliphatic carbocycles. The Hall–Kier alpha value is -1.14. The molecule has 2 amide bonds. The Kier molecular flexibility index (Phi) is 9.72. The van der Waals surface area contributed by atoms with Crippen molar-refractivity contribution in [2.75, 3.05) is 67.5 Å². The van der Waals surface area contributed by atoms with Gasteiger partial charge in [0, 0.05) is 40.3 Å². The first-order valence-corrected chi connectivity index (χ1v) is 11.3. The van der Waals surface area contributed by atoms with Crippen molar-refractivity contribution in [1.29, 1.82) is 0 Å². The van der Waals surface area contributed by atoms with Crippen molar-refractivity contribution < 1.29 is 9.59 Å². The quantitative estimate of drug-likeness (QED) is 0.562. The van der Waals surface area contributed by atoms with E-state index in [1.165, 1.54) is 0 Å². The molecule has 2 unspecified atom stereocenters. The fourth-order valence-electron chi connectivity index (χ4n) is 4.63. The molecule has 2 saturated heterocycles. The molecule has 0 saturated carbocycles. The minimum absolute atomic E-state index is 0.183. The van der Waals surface area contributed by atoms with Gasteiger partial charge >= 0.3 is 0 Å². The lowest BCUT2D eigenvalue weighted by atomic mass is 9.97. The Balaban J connectivity index is 1.54. The van der Waals surface area contributed by atoms with Crippen molar-refractivity contribution in [2.24, 2.45) is 11.8 Å². The molecule has 2 aliphatic heterocycles. The van der Waals surface area contributed by atoms with Crippen LogP contribution in [-0.4, -0.2) is 98.9 Å². The van der Waals surface area contributed by atoms with Gasteiger partial charge in [-0.25, -0.2) is 0 Å². The van der Waals surface area contributed by atoms with Crippen LogP contribution in [0.2, 0.25) is 0 Å². The number of piperidine rings is 2. The standard InChI is InChI=1S/C22H42N4O2/c1-23-13-9-11-19(17-23)21(27)25(3)15-7-5-6-8-16-26(4)22(28)20-12-10-14-24(2)18-20/h19-20H,5-18H2,1-4H3. The Labute approximate surface area is 172 Å². The molecule has 0 bridgehead atoms. The van der Waals surface area contributed by atoms with E-state index in [9.17, 15) is 9.59 Å². The summed E-state index contributed by atoms with van der Waals surface area (Å²) in [7, 11) is 8.11. The highest BCUT2D eigenvalue weighted by molar-refractivity contribution is 5.79. The molecular weight excluding hydrogens is 352 g/mol. The monoisotopic (exact) mass is 394 g/mol. The number of hydrogen-bond donors (Lipinski definition) is 0. The van der Waals surface area contributed by atoms with E-state index in [1.54, 1.807) is 0 Å². The van der Waals surface area contributed by atoms with Gasteiger partial charge in [-0.1, -0.05) is 12.8 Å². The molecule has 0 spiro atoms. The number of unbranched alkanes of at least 4 members (excludes halogenated alkanes) is 3. The predicted octanol–water partition coefficient (Wildman–Crippen LogP) is 2.15. The summed E-state index contributed by atoms with van der Waals surface area (Å²) in [6.07, 6.45) is 8.67. The van der Waals surface area contributed by atoms with E-state index < -0.39 is 0 Å². The van der Waals surface area contributed by atoms with E-state index in [4.69, 9.17) is 0 Å². The van der Waals surface area contributed by atoms with Gasteiger partial charge < -0.3 is 19.6 Å². The Morgan fingerprint density at radius 2 is 1.14 bits per heavy atom. The average Bonchev–Trinajstić information content (AvgIpc) is 2.69. The zero-order valence-corrected chi connectivity index (χ0v) is 18.7. The Bertz CT molecular complexity index is 455. The fourth-order valence-corrected chi connectivity index (χ4v) is 4.63. The first-order valence-electron chi connectivity index (χ1n) is 11.3. The van der Waals surface area contributed by atoms with Gasteiger partial charge in [-0.15, -0.1) is 0 Å². The number of carbonyl (C=O) groups is 2. The molecule has 0 aromatic carbocycles. The van der Waals surface area contributed by atoms with E-state index in [-0.39, 0.29) is 11.8 Å². The first-order chi connectivity index (χ1) is 13.4. The summed E-state index contributed by atoms with van der Waals surface area (Å²) in [5.74, 6) is 0.994. The molecule has 28 heavy (non-hydrogen) atoms. The maximum Gasteiger partial charge on any atom is 0.226 e. The van der Waals surface area contributed by atoms with Crippen LogP contribution in [0.3, 0.4) is 0 Å². The molecule has 2 fully saturated rings. The highest BCUT2D eigenvalue weighted by Gasteiger charge is 2.27. The van der Waals surface area contributed by atoms with Gasteiger partial charge in [-0.2, -0.15) is 0 Å². The lowest BCUT2D eigenvalue weighted by Crippen LogP contribution is -2.42. The Morgan fingerprint density at radius 1 is 0.750 bits per heavy atom. The van der Waals surface area contributed by atoms with Gasteiger partial charge in [0.05, 0.1) is 11.8 Å². The normalized spacial score (nSPS) is 24.1. The Morgan fingerprint density at radius 3 is 1.50 bits per heavy atom. The molecule has 2 rings (SSSR count). The second-order valence-corrected chi connectivity index (χ2v) is 9.14. The molecule has 0 aromatic heterocycles. The fraction of sp³-hybridized carbons (Fsp3) is 0.909. The molecule has 2 aliphatic rings. The van der Waals surface area contributed by atoms with Crippen molar-refractivity contribution in [3.05, 3.63) is 0 Å². The smallest absolute Gasteiger partial charge is 0.226 e. The van der Waals surface area contributed by atoms with E-state index in [0.717, 1.165) is 90.6 Å². The zero-order valence-electron chi connectivity index (χ0n) is 18.7. The minimum Gasteiger partial charge on any atom is -0.345 e. The molecule has 0 N–H and O–H groups in total. The number of hydrogen-bond acceptors (Lipinski definition) is 4. The maximum atomic E-state index is 12.6. The van der Waals surface area contributed by atoms with Gasteiger partial charge in [0.2, 0.25) is 11.8 Å². The van der Waals surface area contributed by atoms with E-state index in [2.05, 4.69) is 23.9 Å². The van der Waals surface area contributed by atoms with Crippen LogP contribution in [0.25, 0.3) is 0 Å². The topological polar surface area (TPSA) is 47.1 Å². The molecule has 6 nitrogen and oxygen atoms in total.